The van der Waals surface area contributed by atoms with Gasteiger partial charge in [-0.25, -0.2) is 0 Å². The summed E-state index contributed by atoms with van der Waals surface area (Å²) in [5.41, 5.74) is 0. The number of unbranched alkanes of at least 4 members (excludes halogenated alkanes) is 12. The molecule has 0 aromatic rings. The van der Waals surface area contributed by atoms with Crippen LogP contribution in [-0.4, -0.2) is 10.5 Å². The van der Waals surface area contributed by atoms with E-state index in [0.717, 1.165) is 19.3 Å². The standard InChI is InChI=1S/C20H36Cl2O2/c1-18(17-20(22)24)15-13-11-9-7-5-3-2-4-6-8-10-12-14-16-19(21)23/h18H,2-17H2,1H3. The number of carbonyl (C=O) groups excluding carboxylic acids is 2. The van der Waals surface area contributed by atoms with Crippen molar-refractivity contribution in [2.45, 2.75) is 110 Å². The molecule has 0 radical (unpaired) electrons. The highest BCUT2D eigenvalue weighted by molar-refractivity contribution is 6.63. The molecule has 0 rings (SSSR count). The minimum atomic E-state index is -0.201. The Bertz CT molecular complexity index is 319. The summed E-state index contributed by atoms with van der Waals surface area (Å²) in [7, 11) is 0. The fourth-order valence-corrected chi connectivity index (χ4v) is 3.47. The predicted molar refractivity (Wildman–Crippen MR) is 105 cm³/mol. The summed E-state index contributed by atoms with van der Waals surface area (Å²) < 4.78 is 0. The normalized spacial score (nSPS) is 12.3. The average molecular weight is 379 g/mol. The lowest BCUT2D eigenvalue weighted by molar-refractivity contribution is -0.113. The van der Waals surface area contributed by atoms with Crippen LogP contribution in [0, 0.1) is 5.92 Å². The van der Waals surface area contributed by atoms with E-state index in [1.165, 1.54) is 70.6 Å². The second kappa shape index (κ2) is 17.7. The molecule has 0 aromatic carbocycles. The number of hydrogen-bond acceptors (Lipinski definition) is 2. The molecule has 0 heterocycles. The molecule has 0 aliphatic rings. The first-order chi connectivity index (χ1) is 11.5. The number of carbonyl (C=O) groups is 2. The van der Waals surface area contributed by atoms with Crippen molar-refractivity contribution < 1.29 is 9.59 Å². The molecule has 1 unspecified atom stereocenters. The van der Waals surface area contributed by atoms with Gasteiger partial charge in [-0.3, -0.25) is 9.59 Å². The molecule has 1 atom stereocenters. The summed E-state index contributed by atoms with van der Waals surface area (Å²) in [6.07, 6.45) is 18.7. The van der Waals surface area contributed by atoms with Crippen LogP contribution in [0.15, 0.2) is 0 Å². The van der Waals surface area contributed by atoms with E-state index in [-0.39, 0.29) is 10.5 Å². The second-order valence-corrected chi connectivity index (χ2v) is 8.00. The number of hydrogen-bond donors (Lipinski definition) is 0. The zero-order valence-electron chi connectivity index (χ0n) is 15.5. The van der Waals surface area contributed by atoms with Gasteiger partial charge in [0.25, 0.3) is 0 Å². The van der Waals surface area contributed by atoms with Gasteiger partial charge >= 0.3 is 0 Å². The predicted octanol–water partition coefficient (Wildman–Crippen LogP) is 7.39. The summed E-state index contributed by atoms with van der Waals surface area (Å²) in [5, 5.41) is -0.400. The van der Waals surface area contributed by atoms with Crippen molar-refractivity contribution in [2.24, 2.45) is 5.92 Å². The van der Waals surface area contributed by atoms with Gasteiger partial charge in [0.15, 0.2) is 0 Å². The Morgan fingerprint density at radius 2 is 1.00 bits per heavy atom. The maximum atomic E-state index is 10.8. The van der Waals surface area contributed by atoms with Gasteiger partial charge in [-0.15, -0.1) is 0 Å². The minimum absolute atomic E-state index is 0.199. The average Bonchev–Trinajstić information content (AvgIpc) is 2.50. The van der Waals surface area contributed by atoms with Crippen LogP contribution in [0.5, 0.6) is 0 Å². The first-order valence-electron chi connectivity index (χ1n) is 9.89. The first-order valence-corrected chi connectivity index (χ1v) is 10.6. The quantitative estimate of drug-likeness (QED) is 0.184. The van der Waals surface area contributed by atoms with Crippen LogP contribution in [0.2, 0.25) is 0 Å². The Morgan fingerprint density at radius 1 is 0.625 bits per heavy atom. The Morgan fingerprint density at radius 3 is 1.38 bits per heavy atom. The molecular weight excluding hydrogens is 343 g/mol. The van der Waals surface area contributed by atoms with E-state index >= 15 is 0 Å². The number of halogens is 2. The Kier molecular flexibility index (Phi) is 17.7. The zero-order chi connectivity index (χ0) is 18.0. The van der Waals surface area contributed by atoms with Gasteiger partial charge in [0, 0.05) is 12.8 Å². The highest BCUT2D eigenvalue weighted by atomic mass is 35.5. The van der Waals surface area contributed by atoms with Crippen LogP contribution in [0.1, 0.15) is 110 Å². The molecule has 0 amide bonds. The summed E-state index contributed by atoms with van der Waals surface area (Å²) in [6.45, 7) is 2.11. The van der Waals surface area contributed by atoms with E-state index in [0.29, 0.717) is 18.8 Å². The van der Waals surface area contributed by atoms with E-state index in [2.05, 4.69) is 6.92 Å². The second-order valence-electron chi connectivity index (χ2n) is 7.15. The van der Waals surface area contributed by atoms with Gasteiger partial charge < -0.3 is 0 Å². The summed E-state index contributed by atoms with van der Waals surface area (Å²) in [6, 6.07) is 0. The van der Waals surface area contributed by atoms with E-state index in [4.69, 9.17) is 23.2 Å². The highest BCUT2D eigenvalue weighted by Crippen LogP contribution is 2.17. The fourth-order valence-electron chi connectivity index (χ4n) is 3.08. The fraction of sp³-hybridized carbons (Fsp3) is 0.900. The van der Waals surface area contributed by atoms with Crippen molar-refractivity contribution in [1.82, 2.24) is 0 Å². The van der Waals surface area contributed by atoms with Crippen molar-refractivity contribution in [3.8, 4) is 0 Å². The lowest BCUT2D eigenvalue weighted by Gasteiger charge is -2.08. The molecular formula is C20H36Cl2O2. The van der Waals surface area contributed by atoms with Crippen molar-refractivity contribution in [3.63, 3.8) is 0 Å². The zero-order valence-corrected chi connectivity index (χ0v) is 17.0. The Balaban J connectivity index is 3.10. The number of rotatable bonds is 18. The smallest absolute Gasteiger partial charge is 0.221 e. The molecule has 2 nitrogen and oxygen atoms in total. The van der Waals surface area contributed by atoms with Crippen molar-refractivity contribution in [3.05, 3.63) is 0 Å². The molecule has 0 N–H and O–H groups in total. The summed E-state index contributed by atoms with van der Waals surface area (Å²) >= 11 is 10.7. The molecule has 0 saturated carbocycles. The van der Waals surface area contributed by atoms with Gasteiger partial charge in [-0.1, -0.05) is 90.4 Å². The van der Waals surface area contributed by atoms with Crippen molar-refractivity contribution in [2.75, 3.05) is 0 Å². The maximum absolute atomic E-state index is 10.8. The van der Waals surface area contributed by atoms with E-state index in [1.54, 1.807) is 0 Å². The lowest BCUT2D eigenvalue weighted by atomic mass is 9.99. The Labute approximate surface area is 159 Å². The third kappa shape index (κ3) is 20.0. The molecule has 0 saturated heterocycles. The monoisotopic (exact) mass is 378 g/mol. The van der Waals surface area contributed by atoms with Crippen LogP contribution in [0.25, 0.3) is 0 Å². The third-order valence-electron chi connectivity index (χ3n) is 4.58. The molecule has 0 aromatic heterocycles. The molecule has 4 heteroatoms. The molecule has 0 spiro atoms. The SMILES string of the molecule is CC(CCCCCCCCCCCCCCCC(=O)Cl)CC(=O)Cl. The van der Waals surface area contributed by atoms with E-state index in [9.17, 15) is 9.59 Å². The van der Waals surface area contributed by atoms with Crippen LogP contribution < -0.4 is 0 Å². The van der Waals surface area contributed by atoms with Crippen molar-refractivity contribution in [1.29, 1.82) is 0 Å². The van der Waals surface area contributed by atoms with Gasteiger partial charge in [-0.05, 0) is 35.5 Å². The van der Waals surface area contributed by atoms with Crippen LogP contribution in [-0.2, 0) is 9.59 Å². The van der Waals surface area contributed by atoms with Crippen LogP contribution >= 0.6 is 23.2 Å². The van der Waals surface area contributed by atoms with Gasteiger partial charge in [-0.2, -0.15) is 0 Å². The summed E-state index contributed by atoms with van der Waals surface area (Å²) in [5.74, 6) is 0.436. The van der Waals surface area contributed by atoms with Gasteiger partial charge in [0.1, 0.15) is 0 Å². The van der Waals surface area contributed by atoms with Gasteiger partial charge in [0.2, 0.25) is 10.5 Å². The first kappa shape index (κ1) is 23.9. The topological polar surface area (TPSA) is 34.1 Å². The van der Waals surface area contributed by atoms with Crippen molar-refractivity contribution >= 4 is 33.7 Å². The molecule has 0 bridgehead atoms. The molecule has 0 aliphatic heterocycles. The lowest BCUT2D eigenvalue weighted by Crippen LogP contribution is -1.99. The third-order valence-corrected chi connectivity index (χ3v) is 4.92. The molecule has 24 heavy (non-hydrogen) atoms. The Hall–Kier alpha value is -0.0800. The molecule has 0 fully saturated rings. The molecule has 142 valence electrons. The summed E-state index contributed by atoms with van der Waals surface area (Å²) in [4.78, 5) is 21.4. The molecule has 0 aliphatic carbocycles. The van der Waals surface area contributed by atoms with Crippen LogP contribution in [0.4, 0.5) is 0 Å². The maximum Gasteiger partial charge on any atom is 0.221 e. The largest absolute Gasteiger partial charge is 0.281 e. The van der Waals surface area contributed by atoms with E-state index in [1.807, 2.05) is 0 Å². The minimum Gasteiger partial charge on any atom is -0.281 e. The van der Waals surface area contributed by atoms with E-state index < -0.39 is 0 Å². The van der Waals surface area contributed by atoms with Gasteiger partial charge in [0.05, 0.1) is 0 Å². The van der Waals surface area contributed by atoms with Crippen LogP contribution in [0.3, 0.4) is 0 Å². The highest BCUT2D eigenvalue weighted by Gasteiger charge is 2.06.